The number of amides is 3. The van der Waals surface area contributed by atoms with Gasteiger partial charge in [0.1, 0.15) is 33.9 Å². The average molecular weight is 765 g/mol. The smallest absolute Gasteiger partial charge is 0.276 e. The summed E-state index contributed by atoms with van der Waals surface area (Å²) in [4.78, 5) is 49.0. The minimum Gasteiger partial charge on any atom is -0.494 e. The number of rotatable bonds is 17. The lowest BCUT2D eigenvalue weighted by molar-refractivity contribution is 0.0994. The van der Waals surface area contributed by atoms with Crippen LogP contribution in [0.4, 0.5) is 11.9 Å². The van der Waals surface area contributed by atoms with Gasteiger partial charge in [0.2, 0.25) is 17.8 Å². The lowest BCUT2D eigenvalue weighted by Gasteiger charge is -2.13. The van der Waals surface area contributed by atoms with E-state index in [1.807, 2.05) is 70.5 Å². The first-order valence-corrected chi connectivity index (χ1v) is 18.5. The van der Waals surface area contributed by atoms with E-state index in [2.05, 4.69) is 26.1 Å². The monoisotopic (exact) mass is 764 g/mol. The molecule has 4 aromatic heterocycles. The predicted octanol–water partition coefficient (Wildman–Crippen LogP) is 4.60. The minimum atomic E-state index is -0.641. The Kier molecular flexibility index (Phi) is 11.8. The van der Waals surface area contributed by atoms with Crippen LogP contribution in [0.25, 0.3) is 22.1 Å². The van der Waals surface area contributed by atoms with Gasteiger partial charge < -0.3 is 29.7 Å². The van der Waals surface area contributed by atoms with Gasteiger partial charge in [-0.2, -0.15) is 10.2 Å². The van der Waals surface area contributed by atoms with E-state index in [0.29, 0.717) is 77.3 Å². The topological polar surface area (TPSA) is 203 Å². The Morgan fingerprint density at radius 1 is 0.768 bits per heavy atom. The Balaban J connectivity index is 1.38. The number of hydrogen-bond donors (Lipinski definition) is 4. The maximum atomic E-state index is 13.7. The van der Waals surface area contributed by atoms with Crippen molar-refractivity contribution in [2.24, 2.45) is 5.73 Å². The molecule has 56 heavy (non-hydrogen) atoms. The van der Waals surface area contributed by atoms with Gasteiger partial charge in [0, 0.05) is 31.7 Å². The number of benzene rings is 2. The van der Waals surface area contributed by atoms with E-state index in [1.165, 1.54) is 7.11 Å². The molecule has 6 aromatic rings. The molecular weight excluding hydrogens is 717 g/mol. The van der Waals surface area contributed by atoms with Gasteiger partial charge in [0.05, 0.1) is 36.1 Å². The van der Waals surface area contributed by atoms with Crippen LogP contribution in [-0.4, -0.2) is 83.7 Å². The molecule has 2 aromatic carbocycles. The SMILES string of the molecule is CCn1nc(C)cc1C(=O)Nc1nc2cc(C(N)=O)cc(OC)c2n1C/C=C/Cn1c(NC(=O)c2cc(C)nn2CC)nc2cc(C)cc(OCCCNC)c21. The Morgan fingerprint density at radius 2 is 1.30 bits per heavy atom. The summed E-state index contributed by atoms with van der Waals surface area (Å²) in [6, 6.07) is 10.5. The summed E-state index contributed by atoms with van der Waals surface area (Å²) < 4.78 is 19.0. The zero-order valence-electron chi connectivity index (χ0n) is 32.8. The number of aromatic nitrogens is 8. The Hall–Kier alpha value is -6.49. The Bertz CT molecular complexity index is 2450. The zero-order chi connectivity index (χ0) is 40.1. The van der Waals surface area contributed by atoms with Crippen molar-refractivity contribution >= 4 is 51.7 Å². The third-order valence-electron chi connectivity index (χ3n) is 9.15. The summed E-state index contributed by atoms with van der Waals surface area (Å²) in [5, 5.41) is 17.9. The summed E-state index contributed by atoms with van der Waals surface area (Å²) in [7, 11) is 3.39. The van der Waals surface area contributed by atoms with Crippen LogP contribution in [-0.2, 0) is 26.2 Å². The molecule has 0 radical (unpaired) electrons. The van der Waals surface area contributed by atoms with Crippen LogP contribution in [0.3, 0.4) is 0 Å². The fraction of sp³-hybridized carbons (Fsp3) is 0.359. The van der Waals surface area contributed by atoms with Gasteiger partial charge in [-0.3, -0.25) is 34.4 Å². The van der Waals surface area contributed by atoms with Crippen LogP contribution in [0, 0.1) is 20.8 Å². The van der Waals surface area contributed by atoms with Gasteiger partial charge in [-0.25, -0.2) is 9.97 Å². The van der Waals surface area contributed by atoms with Crippen molar-refractivity contribution < 1.29 is 23.9 Å². The molecule has 0 unspecified atom stereocenters. The zero-order valence-corrected chi connectivity index (χ0v) is 32.8. The van der Waals surface area contributed by atoms with Crippen molar-refractivity contribution in [3.8, 4) is 11.5 Å². The van der Waals surface area contributed by atoms with Crippen molar-refractivity contribution in [1.29, 1.82) is 0 Å². The first-order valence-electron chi connectivity index (χ1n) is 18.5. The number of methoxy groups -OCH3 is 1. The molecule has 0 atom stereocenters. The average Bonchev–Trinajstić information content (AvgIpc) is 3.93. The van der Waals surface area contributed by atoms with Gasteiger partial charge >= 0.3 is 0 Å². The largest absolute Gasteiger partial charge is 0.494 e. The highest BCUT2D eigenvalue weighted by Crippen LogP contribution is 2.33. The highest BCUT2D eigenvalue weighted by molar-refractivity contribution is 6.05. The normalized spacial score (nSPS) is 11.6. The lowest BCUT2D eigenvalue weighted by atomic mass is 10.1. The molecular formula is C39H48N12O5. The number of nitrogens with one attached hydrogen (secondary N) is 3. The molecule has 17 nitrogen and oxygen atoms in total. The molecule has 0 saturated carbocycles. The first kappa shape index (κ1) is 39.2. The molecule has 5 N–H and O–H groups in total. The van der Waals surface area contributed by atoms with Crippen molar-refractivity contribution in [1.82, 2.24) is 44.0 Å². The third-order valence-corrected chi connectivity index (χ3v) is 9.15. The number of ether oxygens (including phenoxy) is 2. The summed E-state index contributed by atoms with van der Waals surface area (Å²) in [5.41, 5.74) is 11.4. The molecule has 6 rings (SSSR count). The number of primary amides is 1. The Labute approximate surface area is 323 Å². The molecule has 3 amide bonds. The molecule has 0 aliphatic rings. The van der Waals surface area contributed by atoms with E-state index in [-0.39, 0.29) is 24.0 Å². The van der Waals surface area contributed by atoms with E-state index in [4.69, 9.17) is 25.2 Å². The number of fused-ring (bicyclic) bond motifs is 2. The molecule has 0 saturated heterocycles. The van der Waals surface area contributed by atoms with Gasteiger partial charge in [0.15, 0.2) is 0 Å². The number of nitrogens with zero attached hydrogens (tertiary/aromatic N) is 8. The molecule has 0 aliphatic heterocycles. The van der Waals surface area contributed by atoms with Crippen LogP contribution >= 0.6 is 0 Å². The highest BCUT2D eigenvalue weighted by atomic mass is 16.5. The number of aryl methyl sites for hydroxylation is 5. The number of hydrogen-bond acceptors (Lipinski definition) is 10. The minimum absolute atomic E-state index is 0.213. The van der Waals surface area contributed by atoms with Crippen molar-refractivity contribution in [2.75, 3.05) is 37.9 Å². The van der Waals surface area contributed by atoms with Gasteiger partial charge in [-0.15, -0.1) is 0 Å². The summed E-state index contributed by atoms with van der Waals surface area (Å²) >= 11 is 0. The highest BCUT2D eigenvalue weighted by Gasteiger charge is 2.23. The Morgan fingerprint density at radius 3 is 1.80 bits per heavy atom. The standard InChI is InChI=1S/C39H48N12O5/c1-8-50-29(19-24(4)46-50)36(53)44-38-42-27-17-23(3)18-32(56-16-12-13-41-6)34(27)49(38)15-11-10-14-48-33-28(21-26(35(40)52)22-31(33)55-7)43-39(48)45-37(54)30-20-25(5)47-51(30)9-2/h10-11,17-22,41H,8-9,12-16H2,1-7H3,(H2,40,52)(H,42,44,53)(H,43,45,54)/b11-10+. The predicted molar refractivity (Wildman–Crippen MR) is 214 cm³/mol. The van der Waals surface area contributed by atoms with Crippen molar-refractivity contribution in [2.45, 2.75) is 67.2 Å². The van der Waals surface area contributed by atoms with Crippen LogP contribution in [0.2, 0.25) is 0 Å². The molecule has 294 valence electrons. The second kappa shape index (κ2) is 16.9. The van der Waals surface area contributed by atoms with Crippen molar-refractivity contribution in [3.05, 3.63) is 82.5 Å². The molecule has 0 bridgehead atoms. The van der Waals surface area contributed by atoms with E-state index < -0.39 is 11.8 Å². The number of anilines is 2. The number of carbonyl (C=O) groups excluding carboxylic acids is 3. The van der Waals surface area contributed by atoms with E-state index in [0.717, 1.165) is 29.7 Å². The number of carbonyl (C=O) groups is 3. The summed E-state index contributed by atoms with van der Waals surface area (Å²) in [6.45, 7) is 12.3. The fourth-order valence-electron chi connectivity index (χ4n) is 6.61. The molecule has 0 spiro atoms. The van der Waals surface area contributed by atoms with Gasteiger partial charge in [-0.1, -0.05) is 12.2 Å². The van der Waals surface area contributed by atoms with Gasteiger partial charge in [0.25, 0.3) is 11.8 Å². The van der Waals surface area contributed by atoms with Gasteiger partial charge in [-0.05, 0) is 96.6 Å². The van der Waals surface area contributed by atoms with Crippen LogP contribution < -0.4 is 31.2 Å². The molecule has 0 aliphatic carbocycles. The van der Waals surface area contributed by atoms with E-state index in [1.54, 1.807) is 38.2 Å². The van der Waals surface area contributed by atoms with E-state index in [9.17, 15) is 14.4 Å². The quantitative estimate of drug-likeness (QED) is 0.0751. The summed E-state index contributed by atoms with van der Waals surface area (Å²) in [5.74, 6) is 0.193. The molecule has 4 heterocycles. The number of nitrogens with two attached hydrogens (primary N) is 1. The third kappa shape index (κ3) is 8.12. The van der Waals surface area contributed by atoms with Crippen LogP contribution in [0.15, 0.2) is 48.6 Å². The number of imidazole rings is 2. The fourth-order valence-corrected chi connectivity index (χ4v) is 6.61. The maximum absolute atomic E-state index is 13.7. The number of allylic oxidation sites excluding steroid dienone is 2. The maximum Gasteiger partial charge on any atom is 0.276 e. The summed E-state index contributed by atoms with van der Waals surface area (Å²) in [6.07, 6.45) is 4.64. The van der Waals surface area contributed by atoms with Crippen molar-refractivity contribution in [3.63, 3.8) is 0 Å². The van der Waals surface area contributed by atoms with Crippen LogP contribution in [0.5, 0.6) is 11.5 Å². The molecule has 0 fully saturated rings. The second-order valence-corrected chi connectivity index (χ2v) is 13.3. The van der Waals surface area contributed by atoms with E-state index >= 15 is 0 Å². The second-order valence-electron chi connectivity index (χ2n) is 13.3. The molecule has 17 heteroatoms. The van der Waals surface area contributed by atoms with Crippen LogP contribution in [0.1, 0.15) is 68.6 Å². The first-order chi connectivity index (χ1) is 27.0. The lowest BCUT2D eigenvalue weighted by Crippen LogP contribution is -2.20.